The molecule has 0 amide bonds. The number of benzene rings is 1. The van der Waals surface area contributed by atoms with Gasteiger partial charge in [-0.1, -0.05) is 6.07 Å². The average Bonchev–Trinajstić information content (AvgIpc) is 2.56. The largest absolute Gasteiger partial charge is 0.508 e. The van der Waals surface area contributed by atoms with Crippen LogP contribution in [0.3, 0.4) is 0 Å². The summed E-state index contributed by atoms with van der Waals surface area (Å²) in [5.41, 5.74) is 0.629. The minimum absolute atomic E-state index is 0.0114. The Hall–Kier alpha value is -1.13. The van der Waals surface area contributed by atoms with Gasteiger partial charge in [0.05, 0.1) is 6.61 Å². The van der Waals surface area contributed by atoms with E-state index in [1.807, 2.05) is 6.92 Å². The standard InChI is InChI=1S/C13H18FNO2/c1-10(15-5-2-7-17-8-6-15)12-4-3-11(16)9-13(12)14/h3-4,9-10,16H,2,5-8H2,1H3. The molecule has 4 heteroatoms. The summed E-state index contributed by atoms with van der Waals surface area (Å²) in [7, 11) is 0. The monoisotopic (exact) mass is 239 g/mol. The van der Waals surface area contributed by atoms with Crippen LogP contribution in [-0.4, -0.2) is 36.3 Å². The Labute approximate surface area is 101 Å². The fraction of sp³-hybridized carbons (Fsp3) is 0.538. The fourth-order valence-electron chi connectivity index (χ4n) is 2.20. The Morgan fingerprint density at radius 2 is 2.18 bits per heavy atom. The van der Waals surface area contributed by atoms with Crippen LogP contribution in [0.4, 0.5) is 4.39 Å². The summed E-state index contributed by atoms with van der Waals surface area (Å²) in [6, 6.07) is 4.36. The quantitative estimate of drug-likeness (QED) is 0.859. The van der Waals surface area contributed by atoms with E-state index in [9.17, 15) is 9.50 Å². The lowest BCUT2D eigenvalue weighted by Gasteiger charge is -2.27. The van der Waals surface area contributed by atoms with E-state index in [4.69, 9.17) is 4.74 Å². The lowest BCUT2D eigenvalue weighted by Crippen LogP contribution is -2.30. The number of hydrogen-bond acceptors (Lipinski definition) is 3. The number of rotatable bonds is 2. The lowest BCUT2D eigenvalue weighted by molar-refractivity contribution is 0.133. The Balaban J connectivity index is 2.14. The molecule has 1 aromatic rings. The van der Waals surface area contributed by atoms with Gasteiger partial charge in [0.2, 0.25) is 0 Å². The van der Waals surface area contributed by atoms with Crippen molar-refractivity contribution in [3.8, 4) is 5.75 Å². The summed E-state index contributed by atoms with van der Waals surface area (Å²) < 4.78 is 19.1. The molecule has 0 radical (unpaired) electrons. The number of hydrogen-bond donors (Lipinski definition) is 1. The number of halogens is 1. The molecule has 0 spiro atoms. The summed E-state index contributed by atoms with van der Waals surface area (Å²) in [4.78, 5) is 2.21. The zero-order valence-corrected chi connectivity index (χ0v) is 10.0. The minimum atomic E-state index is -0.345. The minimum Gasteiger partial charge on any atom is -0.508 e. The van der Waals surface area contributed by atoms with E-state index in [0.29, 0.717) is 12.2 Å². The summed E-state index contributed by atoms with van der Waals surface area (Å²) in [5, 5.41) is 9.20. The lowest BCUT2D eigenvalue weighted by atomic mass is 10.1. The Bertz CT molecular complexity index is 376. The normalized spacial score (nSPS) is 19.9. The third kappa shape index (κ3) is 2.96. The SMILES string of the molecule is CC(c1ccc(O)cc1F)N1CCCOCC1. The molecule has 1 aromatic carbocycles. The molecule has 1 heterocycles. The molecule has 1 atom stereocenters. The number of nitrogens with zero attached hydrogens (tertiary/aromatic N) is 1. The highest BCUT2D eigenvalue weighted by Crippen LogP contribution is 2.26. The van der Waals surface area contributed by atoms with Crippen molar-refractivity contribution in [2.45, 2.75) is 19.4 Å². The highest BCUT2D eigenvalue weighted by Gasteiger charge is 2.20. The van der Waals surface area contributed by atoms with Gasteiger partial charge in [-0.05, 0) is 19.4 Å². The molecule has 0 bridgehead atoms. The van der Waals surface area contributed by atoms with Gasteiger partial charge < -0.3 is 9.84 Å². The summed E-state index contributed by atoms with van der Waals surface area (Å²) >= 11 is 0. The maximum absolute atomic E-state index is 13.7. The van der Waals surface area contributed by atoms with Crippen molar-refractivity contribution >= 4 is 0 Å². The first-order valence-electron chi connectivity index (χ1n) is 5.98. The molecule has 1 N–H and O–H groups in total. The second-order valence-corrected chi connectivity index (χ2v) is 4.38. The number of aromatic hydroxyl groups is 1. The average molecular weight is 239 g/mol. The van der Waals surface area contributed by atoms with Crippen molar-refractivity contribution in [3.63, 3.8) is 0 Å². The highest BCUT2D eigenvalue weighted by atomic mass is 19.1. The van der Waals surface area contributed by atoms with Gasteiger partial charge in [-0.15, -0.1) is 0 Å². The van der Waals surface area contributed by atoms with Crippen LogP contribution in [0.1, 0.15) is 24.9 Å². The molecule has 1 fully saturated rings. The Kier molecular flexibility index (Phi) is 3.97. The molecule has 1 saturated heterocycles. The molecule has 0 aliphatic carbocycles. The Morgan fingerprint density at radius 3 is 2.94 bits per heavy atom. The van der Waals surface area contributed by atoms with Gasteiger partial charge in [0.1, 0.15) is 11.6 Å². The second kappa shape index (κ2) is 5.47. The molecule has 1 aliphatic heterocycles. The molecular formula is C13H18FNO2. The van der Waals surface area contributed by atoms with E-state index in [1.54, 1.807) is 6.07 Å². The van der Waals surface area contributed by atoms with Gasteiger partial charge >= 0.3 is 0 Å². The van der Waals surface area contributed by atoms with E-state index < -0.39 is 0 Å². The van der Waals surface area contributed by atoms with E-state index in [0.717, 1.165) is 26.1 Å². The maximum Gasteiger partial charge on any atom is 0.131 e. The van der Waals surface area contributed by atoms with Crippen LogP contribution in [0, 0.1) is 5.82 Å². The van der Waals surface area contributed by atoms with Crippen molar-refractivity contribution in [2.24, 2.45) is 0 Å². The highest BCUT2D eigenvalue weighted by molar-refractivity contribution is 5.29. The summed E-state index contributed by atoms with van der Waals surface area (Å²) in [6.07, 6.45) is 0.976. The van der Waals surface area contributed by atoms with E-state index in [1.165, 1.54) is 12.1 Å². The Morgan fingerprint density at radius 1 is 1.35 bits per heavy atom. The van der Waals surface area contributed by atoms with Crippen molar-refractivity contribution in [1.82, 2.24) is 4.90 Å². The van der Waals surface area contributed by atoms with Crippen LogP contribution in [-0.2, 0) is 4.74 Å². The zero-order valence-electron chi connectivity index (χ0n) is 10.0. The van der Waals surface area contributed by atoms with Crippen molar-refractivity contribution < 1.29 is 14.2 Å². The van der Waals surface area contributed by atoms with Crippen molar-refractivity contribution in [2.75, 3.05) is 26.3 Å². The topological polar surface area (TPSA) is 32.7 Å². The molecule has 2 rings (SSSR count). The first-order chi connectivity index (χ1) is 8.18. The summed E-state index contributed by atoms with van der Waals surface area (Å²) in [5.74, 6) is -0.375. The van der Waals surface area contributed by atoms with Gasteiger partial charge in [0.15, 0.2) is 0 Å². The van der Waals surface area contributed by atoms with Crippen molar-refractivity contribution in [1.29, 1.82) is 0 Å². The molecule has 1 aliphatic rings. The third-order valence-corrected chi connectivity index (χ3v) is 3.24. The van der Waals surface area contributed by atoms with Gasteiger partial charge in [-0.2, -0.15) is 0 Å². The van der Waals surface area contributed by atoms with E-state index in [-0.39, 0.29) is 17.6 Å². The third-order valence-electron chi connectivity index (χ3n) is 3.24. The van der Waals surface area contributed by atoms with E-state index in [2.05, 4.69) is 4.90 Å². The predicted octanol–water partition coefficient (Wildman–Crippen LogP) is 2.31. The van der Waals surface area contributed by atoms with E-state index >= 15 is 0 Å². The van der Waals surface area contributed by atoms with Crippen LogP contribution in [0.25, 0.3) is 0 Å². The summed E-state index contributed by atoms with van der Waals surface area (Å²) in [6.45, 7) is 5.20. The molecule has 94 valence electrons. The maximum atomic E-state index is 13.7. The van der Waals surface area contributed by atoms with Crippen molar-refractivity contribution in [3.05, 3.63) is 29.6 Å². The van der Waals surface area contributed by atoms with Crippen LogP contribution in [0.5, 0.6) is 5.75 Å². The molecule has 0 aromatic heterocycles. The molecule has 3 nitrogen and oxygen atoms in total. The molecule has 1 unspecified atom stereocenters. The van der Waals surface area contributed by atoms with Gasteiger partial charge in [-0.25, -0.2) is 4.39 Å². The first kappa shape index (κ1) is 12.3. The van der Waals surface area contributed by atoms with Gasteiger partial charge in [0.25, 0.3) is 0 Å². The smallest absolute Gasteiger partial charge is 0.131 e. The molecule has 0 saturated carbocycles. The van der Waals surface area contributed by atoms with Crippen LogP contribution >= 0.6 is 0 Å². The fourth-order valence-corrected chi connectivity index (χ4v) is 2.20. The first-order valence-corrected chi connectivity index (χ1v) is 5.98. The number of phenolic OH excluding ortho intramolecular Hbond substituents is 1. The molecular weight excluding hydrogens is 221 g/mol. The predicted molar refractivity (Wildman–Crippen MR) is 63.5 cm³/mol. The van der Waals surface area contributed by atoms with Crippen LogP contribution < -0.4 is 0 Å². The van der Waals surface area contributed by atoms with Gasteiger partial charge in [-0.3, -0.25) is 4.90 Å². The van der Waals surface area contributed by atoms with Crippen LogP contribution in [0.15, 0.2) is 18.2 Å². The molecule has 17 heavy (non-hydrogen) atoms. The zero-order chi connectivity index (χ0) is 12.3. The number of phenols is 1. The van der Waals surface area contributed by atoms with Crippen LogP contribution in [0.2, 0.25) is 0 Å². The van der Waals surface area contributed by atoms with Gasteiger partial charge in [0, 0.05) is 37.4 Å². The number of ether oxygens (including phenoxy) is 1. The second-order valence-electron chi connectivity index (χ2n) is 4.38.